The molecule has 5 rings (SSSR count). The lowest BCUT2D eigenvalue weighted by atomic mass is 9.71. The summed E-state index contributed by atoms with van der Waals surface area (Å²) in [5.74, 6) is -1.78. The van der Waals surface area contributed by atoms with Gasteiger partial charge in [-0.25, -0.2) is 4.39 Å². The summed E-state index contributed by atoms with van der Waals surface area (Å²) >= 11 is 0. The Morgan fingerprint density at radius 3 is 2.38 bits per heavy atom. The minimum absolute atomic E-state index is 0.163. The first-order chi connectivity index (χ1) is 11.6. The van der Waals surface area contributed by atoms with Gasteiger partial charge in [0.05, 0.1) is 29.6 Å². The van der Waals surface area contributed by atoms with Crippen LogP contribution in [0, 0.1) is 23.6 Å². The van der Waals surface area contributed by atoms with E-state index in [0.717, 1.165) is 5.56 Å². The molecule has 0 unspecified atom stereocenters. The molecule has 0 spiro atoms. The minimum Gasteiger partial charge on any atom is -0.389 e. The Morgan fingerprint density at radius 1 is 1.04 bits per heavy atom. The van der Waals surface area contributed by atoms with Gasteiger partial charge in [0.25, 0.3) is 0 Å². The molecule has 4 aliphatic rings. The fourth-order valence-corrected chi connectivity index (χ4v) is 4.59. The summed E-state index contributed by atoms with van der Waals surface area (Å²) in [6.45, 7) is 2.17. The average Bonchev–Trinajstić information content (AvgIpc) is 3.29. The molecule has 124 valence electrons. The average molecular weight is 330 g/mol. The van der Waals surface area contributed by atoms with Crippen LogP contribution in [0.25, 0.3) is 0 Å². The smallest absolute Gasteiger partial charge is 0.235 e. The molecular weight excluding hydrogens is 315 g/mol. The second kappa shape index (κ2) is 4.63. The van der Waals surface area contributed by atoms with Gasteiger partial charge in [0.1, 0.15) is 11.9 Å². The molecule has 6 atom stereocenters. The predicted octanol–water partition coefficient (Wildman–Crippen LogP) is 0.947. The molecule has 0 aromatic heterocycles. The van der Waals surface area contributed by atoms with Crippen LogP contribution in [0.15, 0.2) is 29.4 Å². The molecule has 0 radical (unpaired) electrons. The fourth-order valence-electron chi connectivity index (χ4n) is 4.59. The van der Waals surface area contributed by atoms with Crippen LogP contribution in [-0.4, -0.2) is 47.3 Å². The number of ether oxygens (including phenoxy) is 1. The molecule has 3 saturated heterocycles. The Morgan fingerprint density at radius 2 is 1.71 bits per heavy atom. The molecule has 0 saturated carbocycles. The van der Waals surface area contributed by atoms with Crippen LogP contribution in [0.5, 0.6) is 0 Å². The molecule has 2 amide bonds. The number of carbonyl (C=O) groups excluding carboxylic acids is 2. The second-order valence-electron chi connectivity index (χ2n) is 6.62. The van der Waals surface area contributed by atoms with Crippen molar-refractivity contribution in [3.63, 3.8) is 0 Å². The van der Waals surface area contributed by atoms with Crippen LogP contribution < -0.4 is 0 Å². The standard InChI is InChI=1S/C17H15FN2O4/c1-2-20-16(21)9-10(17(20)22)14-15-11(13(9)23-14)12(19-24-15)7-3-5-8(18)6-4-7/h3-6,9-11,13-15H,2H2,1H3/t9-,10-,11-,13+,14+,15+/m0/s1. The van der Waals surface area contributed by atoms with Gasteiger partial charge >= 0.3 is 0 Å². The van der Waals surface area contributed by atoms with Crippen molar-refractivity contribution >= 4 is 17.5 Å². The van der Waals surface area contributed by atoms with Crippen LogP contribution in [0.3, 0.4) is 0 Å². The van der Waals surface area contributed by atoms with Gasteiger partial charge in [0, 0.05) is 12.1 Å². The molecule has 7 heteroatoms. The van der Waals surface area contributed by atoms with Crippen molar-refractivity contribution in [1.29, 1.82) is 0 Å². The van der Waals surface area contributed by atoms with Crippen LogP contribution in [0.1, 0.15) is 12.5 Å². The van der Waals surface area contributed by atoms with Gasteiger partial charge in [-0.1, -0.05) is 17.3 Å². The summed E-state index contributed by atoms with van der Waals surface area (Å²) in [7, 11) is 0. The molecule has 1 aromatic rings. The van der Waals surface area contributed by atoms with Crippen molar-refractivity contribution in [2.45, 2.75) is 25.2 Å². The monoisotopic (exact) mass is 330 g/mol. The van der Waals surface area contributed by atoms with E-state index in [4.69, 9.17) is 9.57 Å². The number of carbonyl (C=O) groups is 2. The lowest BCUT2D eigenvalue weighted by molar-refractivity contribution is -0.142. The number of likely N-dealkylation sites (tertiary alicyclic amines) is 1. The Hall–Kier alpha value is -2.28. The minimum atomic E-state index is -0.466. The largest absolute Gasteiger partial charge is 0.389 e. The maximum atomic E-state index is 13.2. The lowest BCUT2D eigenvalue weighted by Crippen LogP contribution is -2.45. The van der Waals surface area contributed by atoms with Gasteiger partial charge in [-0.15, -0.1) is 0 Å². The normalized spacial score (nSPS) is 39.1. The zero-order chi connectivity index (χ0) is 16.6. The van der Waals surface area contributed by atoms with E-state index in [1.807, 2.05) is 0 Å². The molecule has 24 heavy (non-hydrogen) atoms. The summed E-state index contributed by atoms with van der Waals surface area (Å²) in [5, 5.41) is 4.16. The molecule has 3 fully saturated rings. The molecule has 0 aliphatic carbocycles. The van der Waals surface area contributed by atoms with Gasteiger partial charge in [-0.2, -0.15) is 0 Å². The second-order valence-corrected chi connectivity index (χ2v) is 6.62. The quantitative estimate of drug-likeness (QED) is 0.757. The van der Waals surface area contributed by atoms with Gasteiger partial charge in [0.2, 0.25) is 11.8 Å². The third-order valence-corrected chi connectivity index (χ3v) is 5.59. The number of benzene rings is 1. The zero-order valence-corrected chi connectivity index (χ0v) is 12.9. The van der Waals surface area contributed by atoms with Crippen LogP contribution >= 0.6 is 0 Å². The Bertz CT molecular complexity index is 777. The molecule has 6 nitrogen and oxygen atoms in total. The highest BCUT2D eigenvalue weighted by molar-refractivity contribution is 6.09. The van der Waals surface area contributed by atoms with Crippen molar-refractivity contribution in [2.75, 3.05) is 6.54 Å². The number of hydrogen-bond donors (Lipinski definition) is 0. The topological polar surface area (TPSA) is 68.2 Å². The van der Waals surface area contributed by atoms with E-state index in [0.29, 0.717) is 12.3 Å². The van der Waals surface area contributed by atoms with Gasteiger partial charge in [0.15, 0.2) is 6.10 Å². The fraction of sp³-hybridized carbons (Fsp3) is 0.471. The zero-order valence-electron chi connectivity index (χ0n) is 12.9. The van der Waals surface area contributed by atoms with Crippen molar-refractivity contribution in [3.8, 4) is 0 Å². The van der Waals surface area contributed by atoms with Crippen molar-refractivity contribution in [2.24, 2.45) is 22.9 Å². The molecule has 1 aromatic carbocycles. The van der Waals surface area contributed by atoms with E-state index in [1.54, 1.807) is 19.1 Å². The molecule has 4 heterocycles. The van der Waals surface area contributed by atoms with Crippen molar-refractivity contribution in [1.82, 2.24) is 4.90 Å². The Balaban J connectivity index is 1.51. The summed E-state index contributed by atoms with van der Waals surface area (Å²) in [4.78, 5) is 31.9. The number of rotatable bonds is 2. The van der Waals surface area contributed by atoms with E-state index in [1.165, 1.54) is 17.0 Å². The van der Waals surface area contributed by atoms with Gasteiger partial charge < -0.3 is 9.57 Å². The molecule has 0 N–H and O–H groups in total. The van der Waals surface area contributed by atoms with E-state index in [9.17, 15) is 14.0 Å². The SMILES string of the molecule is CCN1C(=O)[C@@H]2[C@H]3O[C@@H]([C@@H]4C(c5ccc(F)cc5)=NO[C@@H]34)[C@H]2C1=O. The first-order valence-electron chi connectivity index (χ1n) is 8.12. The highest BCUT2D eigenvalue weighted by atomic mass is 19.1. The van der Waals surface area contributed by atoms with E-state index >= 15 is 0 Å². The maximum Gasteiger partial charge on any atom is 0.235 e. The number of nitrogens with zero attached hydrogens (tertiary/aromatic N) is 2. The maximum absolute atomic E-state index is 13.2. The van der Waals surface area contributed by atoms with Gasteiger partial charge in [-0.3, -0.25) is 14.5 Å². The predicted molar refractivity (Wildman–Crippen MR) is 79.3 cm³/mol. The number of amides is 2. The lowest BCUT2D eigenvalue weighted by Gasteiger charge is -2.26. The highest BCUT2D eigenvalue weighted by Gasteiger charge is 2.71. The molecule has 4 aliphatic heterocycles. The first kappa shape index (κ1) is 14.1. The Labute approximate surface area is 137 Å². The number of oxime groups is 1. The molecular formula is C17H15FN2O4. The van der Waals surface area contributed by atoms with E-state index in [2.05, 4.69) is 5.16 Å². The molecule has 2 bridgehead atoms. The number of fused-ring (bicyclic) bond motifs is 8. The van der Waals surface area contributed by atoms with E-state index in [-0.39, 0.29) is 29.7 Å². The van der Waals surface area contributed by atoms with E-state index < -0.39 is 24.0 Å². The number of imide groups is 1. The third-order valence-electron chi connectivity index (χ3n) is 5.59. The van der Waals surface area contributed by atoms with Gasteiger partial charge in [-0.05, 0) is 19.1 Å². The van der Waals surface area contributed by atoms with Crippen molar-refractivity contribution < 1.29 is 23.6 Å². The van der Waals surface area contributed by atoms with Crippen LogP contribution in [0.4, 0.5) is 4.39 Å². The first-order valence-corrected chi connectivity index (χ1v) is 8.12. The number of hydrogen-bond acceptors (Lipinski definition) is 5. The number of halogens is 1. The Kier molecular flexibility index (Phi) is 2.72. The summed E-state index contributed by atoms with van der Waals surface area (Å²) in [6.07, 6.45) is -1.21. The third kappa shape index (κ3) is 1.55. The highest BCUT2D eigenvalue weighted by Crippen LogP contribution is 2.54. The summed E-state index contributed by atoms with van der Waals surface area (Å²) < 4.78 is 19.1. The summed E-state index contributed by atoms with van der Waals surface area (Å²) in [5.41, 5.74) is 1.42. The van der Waals surface area contributed by atoms with Crippen LogP contribution in [0.2, 0.25) is 0 Å². The van der Waals surface area contributed by atoms with Crippen molar-refractivity contribution in [3.05, 3.63) is 35.6 Å². The van der Waals surface area contributed by atoms with Crippen LogP contribution in [-0.2, 0) is 19.2 Å². The summed E-state index contributed by atoms with van der Waals surface area (Å²) in [6, 6.07) is 6.02.